The number of hydrogen-bond acceptors (Lipinski definition) is 3. The summed E-state index contributed by atoms with van der Waals surface area (Å²) in [6.07, 6.45) is -20.6. The number of hydrogen-bond donors (Lipinski definition) is 0. The van der Waals surface area contributed by atoms with Crippen LogP contribution in [-0.4, -0.2) is 48.6 Å². The van der Waals surface area contributed by atoms with E-state index in [1.54, 1.807) is 6.92 Å². The van der Waals surface area contributed by atoms with Gasteiger partial charge in [0, 0.05) is 6.42 Å². The summed E-state index contributed by atoms with van der Waals surface area (Å²) in [5.41, 5.74) is -7.35. The summed E-state index contributed by atoms with van der Waals surface area (Å²) in [6.45, 7) is 7.20. The van der Waals surface area contributed by atoms with Gasteiger partial charge in [0.05, 0.1) is 12.5 Å². The average molecular weight is 610 g/mol. The van der Waals surface area contributed by atoms with Crippen molar-refractivity contribution in [2.24, 2.45) is 11.3 Å². The molecule has 0 fully saturated rings. The molecule has 0 bridgehead atoms. The molecule has 232 valence electrons. The molecule has 0 amide bonds. The number of halogens is 13. The Kier molecular flexibility index (Phi) is 10.5. The molecule has 0 saturated heterocycles. The quantitative estimate of drug-likeness (QED) is 0.176. The summed E-state index contributed by atoms with van der Waals surface area (Å²) in [5.74, 6) is -18.5. The lowest BCUT2D eigenvalue weighted by Gasteiger charge is -2.44. The van der Waals surface area contributed by atoms with E-state index in [2.05, 4.69) is 4.74 Å². The van der Waals surface area contributed by atoms with E-state index in [4.69, 9.17) is 4.74 Å². The fourth-order valence-corrected chi connectivity index (χ4v) is 3.77. The molecular weight excluding hydrogens is 583 g/mol. The molecule has 0 aliphatic carbocycles. The molecule has 16 heteroatoms. The van der Waals surface area contributed by atoms with E-state index in [0.717, 1.165) is 25.0 Å². The van der Waals surface area contributed by atoms with Crippen LogP contribution in [0, 0.1) is 11.3 Å². The number of carbonyl (C=O) groups is 1. The summed E-state index contributed by atoms with van der Waals surface area (Å²) in [6, 6.07) is 1.94. The van der Waals surface area contributed by atoms with Crippen molar-refractivity contribution in [2.45, 2.75) is 89.4 Å². The fourth-order valence-electron chi connectivity index (χ4n) is 3.77. The standard InChI is InChI=1S/C24H27F13O3/c1-5-18(4,6-2)13-14(3)17(38)39-12-11-15-7-9-16(10-8-15)40-19(22(29,30)31,23(32,33)34)20(25,26)21(27,28)24(35,36)37/h7-10,14H,5-6,11-13H2,1-4H3. The minimum absolute atomic E-state index is 0.0664. The lowest BCUT2D eigenvalue weighted by atomic mass is 9.77. The van der Waals surface area contributed by atoms with Crippen LogP contribution in [0.25, 0.3) is 0 Å². The van der Waals surface area contributed by atoms with Crippen molar-refractivity contribution < 1.29 is 71.3 Å². The lowest BCUT2D eigenvalue weighted by molar-refractivity contribution is -0.466. The first kappa shape index (κ1) is 35.6. The molecular formula is C24H27F13O3. The smallest absolute Gasteiger partial charge is 0.460 e. The van der Waals surface area contributed by atoms with Gasteiger partial charge in [-0.2, -0.15) is 57.1 Å². The third-order valence-electron chi connectivity index (χ3n) is 6.73. The minimum Gasteiger partial charge on any atom is -0.465 e. The fraction of sp³-hybridized carbons (Fsp3) is 0.708. The molecule has 1 unspecified atom stereocenters. The first-order valence-electron chi connectivity index (χ1n) is 11.7. The second-order valence-corrected chi connectivity index (χ2v) is 9.61. The first-order valence-corrected chi connectivity index (χ1v) is 11.7. The van der Waals surface area contributed by atoms with Crippen LogP contribution in [0.4, 0.5) is 57.1 Å². The maximum atomic E-state index is 14.1. The van der Waals surface area contributed by atoms with Crippen LogP contribution in [-0.2, 0) is 16.0 Å². The van der Waals surface area contributed by atoms with Crippen LogP contribution in [0.2, 0.25) is 0 Å². The Labute approximate surface area is 221 Å². The average Bonchev–Trinajstić information content (AvgIpc) is 2.80. The highest BCUT2D eigenvalue weighted by Crippen LogP contribution is 2.61. The third kappa shape index (κ3) is 6.89. The van der Waals surface area contributed by atoms with E-state index >= 15 is 0 Å². The van der Waals surface area contributed by atoms with Gasteiger partial charge in [-0.1, -0.05) is 52.7 Å². The van der Waals surface area contributed by atoms with Crippen molar-refractivity contribution in [1.29, 1.82) is 0 Å². The molecule has 0 aliphatic heterocycles. The van der Waals surface area contributed by atoms with Crippen LogP contribution in [0.3, 0.4) is 0 Å². The molecule has 0 spiro atoms. The van der Waals surface area contributed by atoms with Crippen LogP contribution in [0.1, 0.15) is 52.5 Å². The highest BCUT2D eigenvalue weighted by molar-refractivity contribution is 5.72. The molecule has 0 aromatic heterocycles. The van der Waals surface area contributed by atoms with Gasteiger partial charge in [0.1, 0.15) is 5.75 Å². The molecule has 0 radical (unpaired) electrons. The molecule has 1 rings (SSSR count). The van der Waals surface area contributed by atoms with Gasteiger partial charge >= 0.3 is 41.9 Å². The molecule has 0 heterocycles. The lowest BCUT2D eigenvalue weighted by Crippen LogP contribution is -2.77. The van der Waals surface area contributed by atoms with E-state index in [-0.39, 0.29) is 36.1 Å². The zero-order chi connectivity index (χ0) is 31.6. The third-order valence-corrected chi connectivity index (χ3v) is 6.73. The largest absolute Gasteiger partial charge is 0.465 e. The molecule has 40 heavy (non-hydrogen) atoms. The molecule has 0 saturated carbocycles. The molecule has 1 aromatic carbocycles. The van der Waals surface area contributed by atoms with Crippen LogP contribution in [0.15, 0.2) is 24.3 Å². The van der Waals surface area contributed by atoms with Crippen LogP contribution >= 0.6 is 0 Å². The van der Waals surface area contributed by atoms with Crippen molar-refractivity contribution >= 4 is 5.97 Å². The number of alkyl halides is 13. The minimum atomic E-state index is -7.90. The predicted octanol–water partition coefficient (Wildman–Crippen LogP) is 8.70. The van der Waals surface area contributed by atoms with E-state index < -0.39 is 53.6 Å². The summed E-state index contributed by atoms with van der Waals surface area (Å²) in [7, 11) is 0. The van der Waals surface area contributed by atoms with E-state index in [1.807, 2.05) is 20.8 Å². The zero-order valence-electron chi connectivity index (χ0n) is 21.6. The molecule has 3 nitrogen and oxygen atoms in total. The number of rotatable bonds is 12. The number of benzene rings is 1. The van der Waals surface area contributed by atoms with Gasteiger partial charge < -0.3 is 9.47 Å². The Hall–Kier alpha value is -2.42. The van der Waals surface area contributed by atoms with Gasteiger partial charge in [0.2, 0.25) is 0 Å². The maximum Gasteiger partial charge on any atom is 0.460 e. The van der Waals surface area contributed by atoms with Crippen molar-refractivity contribution in [1.82, 2.24) is 0 Å². The first-order chi connectivity index (χ1) is 17.8. The number of ether oxygens (including phenoxy) is 2. The summed E-state index contributed by atoms with van der Waals surface area (Å²) in [5, 5.41) is 0. The predicted molar refractivity (Wildman–Crippen MR) is 115 cm³/mol. The highest BCUT2D eigenvalue weighted by Gasteiger charge is 2.94. The number of esters is 1. The Balaban J connectivity index is 3.20. The summed E-state index contributed by atoms with van der Waals surface area (Å²) in [4.78, 5) is 12.2. The topological polar surface area (TPSA) is 35.5 Å². The normalized spacial score (nSPS) is 15.1. The molecule has 1 atom stereocenters. The second kappa shape index (κ2) is 11.8. The molecule has 1 aromatic rings. The second-order valence-electron chi connectivity index (χ2n) is 9.61. The van der Waals surface area contributed by atoms with Gasteiger partial charge in [0.15, 0.2) is 0 Å². The van der Waals surface area contributed by atoms with Gasteiger partial charge in [0.25, 0.3) is 0 Å². The Bertz CT molecular complexity index is 962. The van der Waals surface area contributed by atoms with Crippen molar-refractivity contribution in [3.8, 4) is 5.75 Å². The molecule has 0 N–H and O–H groups in total. The van der Waals surface area contributed by atoms with Gasteiger partial charge in [-0.05, 0) is 29.5 Å². The monoisotopic (exact) mass is 610 g/mol. The van der Waals surface area contributed by atoms with E-state index in [1.165, 1.54) is 0 Å². The van der Waals surface area contributed by atoms with Gasteiger partial charge in [-0.15, -0.1) is 0 Å². The SMILES string of the molecule is CCC(C)(CC)CC(C)C(=O)OCCc1ccc(OC(C(F)(F)F)(C(F)(F)F)C(F)(F)C(F)(F)C(F)(F)F)cc1. The van der Waals surface area contributed by atoms with Gasteiger partial charge in [-0.25, -0.2) is 0 Å². The van der Waals surface area contributed by atoms with E-state index in [9.17, 15) is 61.9 Å². The van der Waals surface area contributed by atoms with E-state index in [0.29, 0.717) is 6.42 Å². The van der Waals surface area contributed by atoms with Crippen molar-refractivity contribution in [3.05, 3.63) is 29.8 Å². The van der Waals surface area contributed by atoms with Crippen LogP contribution < -0.4 is 4.74 Å². The van der Waals surface area contributed by atoms with Crippen LogP contribution in [0.5, 0.6) is 5.75 Å². The van der Waals surface area contributed by atoms with Crippen molar-refractivity contribution in [2.75, 3.05) is 6.61 Å². The van der Waals surface area contributed by atoms with Gasteiger partial charge in [-0.3, -0.25) is 4.79 Å². The summed E-state index contributed by atoms with van der Waals surface area (Å²) >= 11 is 0. The maximum absolute atomic E-state index is 14.1. The Morgan fingerprint density at radius 3 is 1.57 bits per heavy atom. The highest BCUT2D eigenvalue weighted by atomic mass is 19.4. The Morgan fingerprint density at radius 1 is 0.750 bits per heavy atom. The summed E-state index contributed by atoms with van der Waals surface area (Å²) < 4.78 is 182. The molecule has 0 aliphatic rings. The number of carbonyl (C=O) groups excluding carboxylic acids is 1. The van der Waals surface area contributed by atoms with Crippen molar-refractivity contribution in [3.63, 3.8) is 0 Å². The Morgan fingerprint density at radius 2 is 1.20 bits per heavy atom. The zero-order valence-corrected chi connectivity index (χ0v) is 21.6.